The number of aromatic nitrogens is 1. The van der Waals surface area contributed by atoms with Gasteiger partial charge in [0, 0.05) is 59.8 Å². The molecule has 14 rings (SSSR count). The molecule has 5 aromatic rings. The maximum absolute atomic E-state index is 13.2. The standard InChI is InChI=1S/C28H32N2O2.C28H30N2O2/c2*31-26(17-28-14-20-11-21(15-28)13-22(12-20)16-28)29-25-8-4-7-24-23(25)9-10-30(27(24)32)18-19-5-2-1-3-6-19/h1-8,20-22H,9-18H2,(H,29,31);1-10,20-22H,11-18H2,(H,29,31). The molecular weight excluding hydrogens is 793 g/mol. The smallest absolute Gasteiger partial charge is 0.258 e. The lowest BCUT2D eigenvalue weighted by atomic mass is 9.49. The highest BCUT2D eigenvalue weighted by Crippen LogP contribution is 2.62. The minimum atomic E-state index is -0.0245. The molecule has 3 amide bonds. The third-order valence-corrected chi connectivity index (χ3v) is 16.7. The van der Waals surface area contributed by atoms with Crippen molar-refractivity contribution in [2.75, 3.05) is 17.2 Å². The molecule has 8 saturated carbocycles. The van der Waals surface area contributed by atoms with Gasteiger partial charge in [-0.15, -0.1) is 0 Å². The Morgan fingerprint density at radius 1 is 0.531 bits per heavy atom. The number of nitrogens with zero attached hydrogens (tertiary/aromatic N) is 2. The lowest BCUT2D eigenvalue weighted by Gasteiger charge is -2.56. The Hall–Kier alpha value is -5.50. The van der Waals surface area contributed by atoms with E-state index < -0.39 is 0 Å². The molecule has 4 aromatic carbocycles. The first-order valence-electron chi connectivity index (χ1n) is 24.3. The molecule has 330 valence electrons. The van der Waals surface area contributed by atoms with Crippen molar-refractivity contribution in [2.24, 2.45) is 46.3 Å². The first-order valence-corrected chi connectivity index (χ1v) is 24.3. The second-order valence-corrected chi connectivity index (χ2v) is 21.6. The zero-order valence-electron chi connectivity index (χ0n) is 37.1. The van der Waals surface area contributed by atoms with E-state index in [4.69, 9.17) is 0 Å². The molecule has 0 radical (unpaired) electrons. The van der Waals surface area contributed by atoms with Crippen molar-refractivity contribution >= 4 is 39.9 Å². The van der Waals surface area contributed by atoms with Crippen LogP contribution in [0.4, 0.5) is 11.4 Å². The van der Waals surface area contributed by atoms with E-state index in [0.717, 1.165) is 80.9 Å². The predicted molar refractivity (Wildman–Crippen MR) is 253 cm³/mol. The molecule has 8 heteroatoms. The van der Waals surface area contributed by atoms with Gasteiger partial charge in [0.25, 0.3) is 11.5 Å². The van der Waals surface area contributed by atoms with Crippen molar-refractivity contribution in [2.45, 2.75) is 109 Å². The minimum absolute atomic E-state index is 0.0245. The minimum Gasteiger partial charge on any atom is -0.334 e. The zero-order chi connectivity index (χ0) is 43.4. The van der Waals surface area contributed by atoms with Crippen LogP contribution in [0, 0.1) is 46.3 Å². The summed E-state index contributed by atoms with van der Waals surface area (Å²) >= 11 is 0. The van der Waals surface area contributed by atoms with Gasteiger partial charge in [0.05, 0.1) is 6.54 Å². The molecule has 2 heterocycles. The number of hydrogen-bond donors (Lipinski definition) is 2. The van der Waals surface area contributed by atoms with Crippen molar-refractivity contribution in [3.8, 4) is 0 Å². The van der Waals surface area contributed by atoms with Crippen LogP contribution in [0.3, 0.4) is 0 Å². The van der Waals surface area contributed by atoms with Crippen molar-refractivity contribution in [1.29, 1.82) is 0 Å². The van der Waals surface area contributed by atoms with Gasteiger partial charge in [-0.25, -0.2) is 0 Å². The normalized spacial score (nSPS) is 29.2. The van der Waals surface area contributed by atoms with Crippen LogP contribution in [-0.2, 0) is 29.1 Å². The quantitative estimate of drug-likeness (QED) is 0.146. The predicted octanol–water partition coefficient (Wildman–Crippen LogP) is 11.0. The van der Waals surface area contributed by atoms with E-state index in [1.54, 1.807) is 4.57 Å². The molecule has 8 bridgehead atoms. The molecule has 9 aliphatic rings. The number of carbonyl (C=O) groups excluding carboxylic acids is 3. The van der Waals surface area contributed by atoms with Gasteiger partial charge < -0.3 is 20.1 Å². The second kappa shape index (κ2) is 16.8. The molecule has 0 spiro atoms. The van der Waals surface area contributed by atoms with Crippen molar-refractivity contribution in [3.63, 3.8) is 0 Å². The van der Waals surface area contributed by atoms with E-state index in [2.05, 4.69) is 22.8 Å². The summed E-state index contributed by atoms with van der Waals surface area (Å²) in [6.45, 7) is 1.85. The molecule has 2 N–H and O–H groups in total. The second-order valence-electron chi connectivity index (χ2n) is 21.6. The van der Waals surface area contributed by atoms with E-state index in [-0.39, 0.29) is 34.1 Å². The van der Waals surface area contributed by atoms with E-state index in [0.29, 0.717) is 37.9 Å². The number of hydrogen-bond acceptors (Lipinski definition) is 4. The van der Waals surface area contributed by atoms with Crippen LogP contribution in [0.2, 0.25) is 0 Å². The van der Waals surface area contributed by atoms with Gasteiger partial charge in [0.1, 0.15) is 0 Å². The van der Waals surface area contributed by atoms with Gasteiger partial charge in [0.2, 0.25) is 11.8 Å². The number of carbonyl (C=O) groups is 3. The summed E-state index contributed by atoms with van der Waals surface area (Å²) in [4.78, 5) is 54.5. The number of amides is 3. The number of fused-ring (bicyclic) bond motifs is 2. The van der Waals surface area contributed by atoms with Gasteiger partial charge in [-0.1, -0.05) is 72.8 Å². The van der Waals surface area contributed by atoms with Gasteiger partial charge in [-0.2, -0.15) is 0 Å². The summed E-state index contributed by atoms with van der Waals surface area (Å²) < 4.78 is 1.73. The Morgan fingerprint density at radius 2 is 1.02 bits per heavy atom. The third kappa shape index (κ3) is 8.33. The third-order valence-electron chi connectivity index (χ3n) is 16.7. The van der Waals surface area contributed by atoms with Crippen LogP contribution in [0.1, 0.15) is 117 Å². The maximum atomic E-state index is 13.2. The van der Waals surface area contributed by atoms with Gasteiger partial charge in [-0.05, 0) is 177 Å². The highest BCUT2D eigenvalue weighted by Gasteiger charge is 2.52. The molecular formula is C56H62N4O4. The van der Waals surface area contributed by atoms with E-state index >= 15 is 0 Å². The summed E-state index contributed by atoms with van der Waals surface area (Å²) in [6.07, 6.45) is 19.7. The lowest BCUT2D eigenvalue weighted by molar-refractivity contribution is -0.125. The van der Waals surface area contributed by atoms with Crippen molar-refractivity contribution in [1.82, 2.24) is 9.47 Å². The SMILES string of the molecule is O=C(CC12CC3CC(CC(C3)C1)C2)Nc1cccc2c(=O)n(Cc3ccccc3)ccc12.O=C(CC12CC3CC(CC(C3)C1)C2)Nc1cccc2c1CCN(Cc1ccccc1)C2=O. The highest BCUT2D eigenvalue weighted by atomic mass is 16.2. The number of nitrogens with one attached hydrogen (secondary N) is 2. The topological polar surface area (TPSA) is 101 Å². The Labute approximate surface area is 377 Å². The average Bonchev–Trinajstić information content (AvgIpc) is 3.26. The summed E-state index contributed by atoms with van der Waals surface area (Å²) in [7, 11) is 0. The molecule has 8 aliphatic carbocycles. The van der Waals surface area contributed by atoms with Crippen LogP contribution >= 0.6 is 0 Å². The lowest BCUT2D eigenvalue weighted by Crippen LogP contribution is -2.47. The number of pyridine rings is 1. The van der Waals surface area contributed by atoms with Crippen LogP contribution in [-0.4, -0.2) is 33.7 Å². The van der Waals surface area contributed by atoms with Crippen molar-refractivity contribution < 1.29 is 14.4 Å². The Morgan fingerprint density at radius 3 is 1.56 bits per heavy atom. The molecule has 64 heavy (non-hydrogen) atoms. The Bertz CT molecular complexity index is 2560. The summed E-state index contributed by atoms with van der Waals surface area (Å²) in [6, 6.07) is 33.5. The fourth-order valence-electron chi connectivity index (χ4n) is 15.1. The first kappa shape index (κ1) is 41.2. The summed E-state index contributed by atoms with van der Waals surface area (Å²) in [5, 5.41) is 7.86. The Kier molecular flexibility index (Phi) is 10.8. The fraction of sp³-hybridized carbons (Fsp3) is 0.464. The number of rotatable bonds is 10. The highest BCUT2D eigenvalue weighted by molar-refractivity contribution is 6.02. The van der Waals surface area contributed by atoms with Crippen LogP contribution in [0.5, 0.6) is 0 Å². The first-order chi connectivity index (χ1) is 31.1. The van der Waals surface area contributed by atoms with Gasteiger partial charge >= 0.3 is 0 Å². The monoisotopic (exact) mass is 854 g/mol. The van der Waals surface area contributed by atoms with Crippen LogP contribution in [0.15, 0.2) is 114 Å². The molecule has 1 aromatic heterocycles. The molecule has 0 atom stereocenters. The zero-order valence-corrected chi connectivity index (χ0v) is 37.1. The average molecular weight is 855 g/mol. The van der Waals surface area contributed by atoms with E-state index in [9.17, 15) is 19.2 Å². The van der Waals surface area contributed by atoms with Crippen molar-refractivity contribution in [3.05, 3.63) is 142 Å². The van der Waals surface area contributed by atoms with E-state index in [1.165, 1.54) is 77.0 Å². The maximum Gasteiger partial charge on any atom is 0.258 e. The fourth-order valence-corrected chi connectivity index (χ4v) is 15.1. The molecule has 0 unspecified atom stereocenters. The molecule has 8 fully saturated rings. The molecule has 8 nitrogen and oxygen atoms in total. The van der Waals surface area contributed by atoms with Gasteiger partial charge in [-0.3, -0.25) is 19.2 Å². The summed E-state index contributed by atoms with van der Waals surface area (Å²) in [5.41, 5.74) is 5.98. The molecule has 1 aliphatic heterocycles. The van der Waals surface area contributed by atoms with E-state index in [1.807, 2.05) is 102 Å². The number of benzene rings is 4. The van der Waals surface area contributed by atoms with Crippen LogP contribution < -0.4 is 16.2 Å². The molecule has 0 saturated heterocycles. The number of anilines is 2. The van der Waals surface area contributed by atoms with Gasteiger partial charge in [0.15, 0.2) is 0 Å². The largest absolute Gasteiger partial charge is 0.334 e. The van der Waals surface area contributed by atoms with Crippen LogP contribution in [0.25, 0.3) is 10.8 Å². The summed E-state index contributed by atoms with van der Waals surface area (Å²) in [5.74, 6) is 5.39. The Balaban J connectivity index is 0.000000143.